The Morgan fingerprint density at radius 1 is 1.63 bits per heavy atom. The lowest BCUT2D eigenvalue weighted by Crippen LogP contribution is -2.46. The van der Waals surface area contributed by atoms with Gasteiger partial charge in [0.15, 0.2) is 0 Å². The van der Waals surface area contributed by atoms with Crippen molar-refractivity contribution in [1.29, 1.82) is 0 Å². The van der Waals surface area contributed by atoms with Crippen LogP contribution in [0.15, 0.2) is 5.38 Å². The smallest absolute Gasteiger partial charge is 0.317 e. The van der Waals surface area contributed by atoms with Gasteiger partial charge in [-0.25, -0.2) is 9.78 Å². The number of aliphatic carboxylic acids is 1. The minimum absolute atomic E-state index is 0.209. The Balaban J connectivity index is 1.84. The largest absolute Gasteiger partial charge is 0.481 e. The van der Waals surface area contributed by atoms with Gasteiger partial charge in [-0.05, 0) is 19.8 Å². The Kier molecular flexibility index (Phi) is 4.36. The van der Waals surface area contributed by atoms with Gasteiger partial charge in [-0.3, -0.25) is 4.79 Å². The number of hydrogen-bond donors (Lipinski definition) is 2. The molecule has 0 bridgehead atoms. The van der Waals surface area contributed by atoms with Gasteiger partial charge in [0.25, 0.3) is 0 Å². The lowest BCUT2D eigenvalue weighted by molar-refractivity contribution is -0.143. The molecular formula is C12H17N3O3S. The van der Waals surface area contributed by atoms with Crippen molar-refractivity contribution in [1.82, 2.24) is 15.2 Å². The highest BCUT2D eigenvalue weighted by atomic mass is 32.1. The number of carbonyl (C=O) groups excluding carboxylic acids is 1. The first kappa shape index (κ1) is 13.8. The Morgan fingerprint density at radius 3 is 3.05 bits per heavy atom. The van der Waals surface area contributed by atoms with E-state index in [9.17, 15) is 9.59 Å². The van der Waals surface area contributed by atoms with Gasteiger partial charge in [-0.15, -0.1) is 11.3 Å². The number of aromatic nitrogens is 1. The van der Waals surface area contributed by atoms with E-state index in [4.69, 9.17) is 5.11 Å². The topological polar surface area (TPSA) is 82.5 Å². The van der Waals surface area contributed by atoms with Crippen molar-refractivity contribution >= 4 is 23.3 Å². The number of amides is 2. The molecule has 1 aliphatic rings. The van der Waals surface area contributed by atoms with Crippen LogP contribution in [0.2, 0.25) is 0 Å². The van der Waals surface area contributed by atoms with Gasteiger partial charge >= 0.3 is 12.0 Å². The van der Waals surface area contributed by atoms with E-state index >= 15 is 0 Å². The lowest BCUT2D eigenvalue weighted by atomic mass is 9.99. The molecule has 0 aromatic carbocycles. The molecule has 1 aliphatic heterocycles. The van der Waals surface area contributed by atoms with Crippen LogP contribution in [-0.2, 0) is 11.3 Å². The first-order valence-corrected chi connectivity index (χ1v) is 7.11. The fraction of sp³-hybridized carbons (Fsp3) is 0.583. The highest BCUT2D eigenvalue weighted by molar-refractivity contribution is 7.09. The van der Waals surface area contributed by atoms with Crippen LogP contribution in [0, 0.1) is 12.8 Å². The van der Waals surface area contributed by atoms with Gasteiger partial charge in [-0.1, -0.05) is 0 Å². The molecule has 1 unspecified atom stereocenters. The Labute approximate surface area is 115 Å². The Bertz CT molecular complexity index is 475. The third kappa shape index (κ3) is 3.66. The van der Waals surface area contributed by atoms with Gasteiger partial charge in [0.2, 0.25) is 0 Å². The van der Waals surface area contributed by atoms with Crippen molar-refractivity contribution < 1.29 is 14.7 Å². The molecule has 0 spiro atoms. The van der Waals surface area contributed by atoms with Crippen LogP contribution >= 0.6 is 11.3 Å². The summed E-state index contributed by atoms with van der Waals surface area (Å²) in [7, 11) is 0. The second-order valence-corrected chi connectivity index (χ2v) is 5.61. The minimum Gasteiger partial charge on any atom is -0.481 e. The van der Waals surface area contributed by atoms with E-state index < -0.39 is 11.9 Å². The van der Waals surface area contributed by atoms with Crippen LogP contribution in [0.4, 0.5) is 4.79 Å². The van der Waals surface area contributed by atoms with Crippen molar-refractivity contribution in [3.63, 3.8) is 0 Å². The normalized spacial score (nSPS) is 19.2. The molecular weight excluding hydrogens is 266 g/mol. The molecule has 1 saturated heterocycles. The summed E-state index contributed by atoms with van der Waals surface area (Å²) in [4.78, 5) is 28.7. The molecule has 0 radical (unpaired) electrons. The first-order valence-electron chi connectivity index (χ1n) is 6.23. The van der Waals surface area contributed by atoms with Gasteiger partial charge in [-0.2, -0.15) is 0 Å². The van der Waals surface area contributed by atoms with E-state index in [1.165, 1.54) is 11.3 Å². The molecule has 2 rings (SSSR count). The van der Waals surface area contributed by atoms with Gasteiger partial charge in [0, 0.05) is 24.2 Å². The van der Waals surface area contributed by atoms with E-state index in [0.717, 1.165) is 17.1 Å². The lowest BCUT2D eigenvalue weighted by Gasteiger charge is -2.30. The number of rotatable bonds is 3. The molecule has 2 N–H and O–H groups in total. The second kappa shape index (κ2) is 6.01. The van der Waals surface area contributed by atoms with Crippen molar-refractivity contribution in [2.24, 2.45) is 5.92 Å². The molecule has 6 nitrogen and oxygen atoms in total. The monoisotopic (exact) mass is 283 g/mol. The van der Waals surface area contributed by atoms with E-state index in [-0.39, 0.29) is 12.6 Å². The van der Waals surface area contributed by atoms with Crippen LogP contribution in [0.25, 0.3) is 0 Å². The number of urea groups is 1. The van der Waals surface area contributed by atoms with Crippen molar-refractivity contribution in [2.75, 3.05) is 13.1 Å². The average Bonchev–Trinajstić information content (AvgIpc) is 2.82. The summed E-state index contributed by atoms with van der Waals surface area (Å²) in [6.07, 6.45) is 1.38. The van der Waals surface area contributed by atoms with E-state index in [1.807, 2.05) is 12.3 Å². The van der Waals surface area contributed by atoms with E-state index in [2.05, 4.69) is 10.3 Å². The second-order valence-electron chi connectivity index (χ2n) is 4.66. The highest BCUT2D eigenvalue weighted by Crippen LogP contribution is 2.16. The van der Waals surface area contributed by atoms with Gasteiger partial charge in [0.1, 0.15) is 5.01 Å². The van der Waals surface area contributed by atoms with Crippen molar-refractivity contribution in [3.8, 4) is 0 Å². The van der Waals surface area contributed by atoms with Gasteiger partial charge < -0.3 is 15.3 Å². The Hall–Kier alpha value is -1.63. The minimum atomic E-state index is -0.826. The third-order valence-electron chi connectivity index (χ3n) is 3.12. The van der Waals surface area contributed by atoms with Crippen LogP contribution in [-0.4, -0.2) is 40.1 Å². The maximum absolute atomic E-state index is 11.9. The zero-order chi connectivity index (χ0) is 13.8. The number of aryl methyl sites for hydroxylation is 1. The predicted octanol–water partition coefficient (Wildman–Crippen LogP) is 1.46. The predicted molar refractivity (Wildman–Crippen MR) is 71.0 cm³/mol. The third-order valence-corrected chi connectivity index (χ3v) is 4.08. The van der Waals surface area contributed by atoms with Crippen molar-refractivity contribution in [3.05, 3.63) is 16.1 Å². The number of carbonyl (C=O) groups is 2. The standard InChI is InChI=1S/C12H17N3O3S/c1-8-7-19-10(14-8)5-13-12(18)15-4-2-3-9(6-15)11(16)17/h7,9H,2-6H2,1H3,(H,13,18)(H,16,17). The SMILES string of the molecule is Cc1csc(CNC(=O)N2CCCC(C(=O)O)C2)n1. The summed E-state index contributed by atoms with van der Waals surface area (Å²) in [6, 6.07) is -0.209. The summed E-state index contributed by atoms with van der Waals surface area (Å²) in [5, 5.41) is 14.6. The van der Waals surface area contributed by atoms with E-state index in [0.29, 0.717) is 19.5 Å². The average molecular weight is 283 g/mol. The number of nitrogens with one attached hydrogen (secondary N) is 1. The molecule has 19 heavy (non-hydrogen) atoms. The van der Waals surface area contributed by atoms with Crippen LogP contribution in [0.1, 0.15) is 23.5 Å². The summed E-state index contributed by atoms with van der Waals surface area (Å²) in [6.45, 7) is 3.21. The number of piperidine rings is 1. The van der Waals surface area contributed by atoms with Crippen LogP contribution < -0.4 is 5.32 Å². The number of carboxylic acids is 1. The number of nitrogens with zero attached hydrogens (tertiary/aromatic N) is 2. The first-order chi connectivity index (χ1) is 9.06. The number of carboxylic acid groups (broad SMARTS) is 1. The molecule has 1 fully saturated rings. The zero-order valence-corrected chi connectivity index (χ0v) is 11.6. The summed E-state index contributed by atoms with van der Waals surface area (Å²) < 4.78 is 0. The molecule has 1 aromatic heterocycles. The fourth-order valence-corrected chi connectivity index (χ4v) is 2.82. The number of likely N-dealkylation sites (tertiary alicyclic amines) is 1. The number of thiazole rings is 1. The van der Waals surface area contributed by atoms with Crippen LogP contribution in [0.5, 0.6) is 0 Å². The molecule has 2 heterocycles. The highest BCUT2D eigenvalue weighted by Gasteiger charge is 2.27. The number of hydrogen-bond acceptors (Lipinski definition) is 4. The van der Waals surface area contributed by atoms with Crippen LogP contribution in [0.3, 0.4) is 0 Å². The quantitative estimate of drug-likeness (QED) is 0.879. The molecule has 1 atom stereocenters. The molecule has 104 valence electrons. The molecule has 2 amide bonds. The molecule has 1 aromatic rings. The van der Waals surface area contributed by atoms with E-state index in [1.54, 1.807) is 4.90 Å². The molecule has 0 saturated carbocycles. The summed E-state index contributed by atoms with van der Waals surface area (Å²) in [5.74, 6) is -1.27. The molecule has 0 aliphatic carbocycles. The Morgan fingerprint density at radius 2 is 2.42 bits per heavy atom. The maximum atomic E-state index is 11.9. The van der Waals surface area contributed by atoms with Gasteiger partial charge in [0.05, 0.1) is 12.5 Å². The summed E-state index contributed by atoms with van der Waals surface area (Å²) in [5.41, 5.74) is 0.943. The fourth-order valence-electron chi connectivity index (χ4n) is 2.11. The maximum Gasteiger partial charge on any atom is 0.317 e. The zero-order valence-electron chi connectivity index (χ0n) is 10.8. The molecule has 7 heteroatoms. The van der Waals surface area contributed by atoms with Crippen molar-refractivity contribution in [2.45, 2.75) is 26.3 Å². The summed E-state index contributed by atoms with van der Waals surface area (Å²) >= 11 is 1.51.